The van der Waals surface area contributed by atoms with E-state index >= 15 is 0 Å². The largest absolute Gasteiger partial charge is 0.494 e. The third kappa shape index (κ3) is 4.89. The SMILES string of the molecule is CCOc1ccc(Cc2c(O[C@@H]3O[C@H](CO)[C@@H](O)[C@H](O)[C@H]3O)nn(C(C)C)c2C)c(F)c1. The van der Waals surface area contributed by atoms with Crippen LogP contribution in [0.1, 0.15) is 43.6 Å². The Hall–Kier alpha value is -2.24. The lowest BCUT2D eigenvalue weighted by atomic mass is 9.99. The first-order chi connectivity index (χ1) is 15.2. The molecule has 1 saturated heterocycles. The zero-order valence-corrected chi connectivity index (χ0v) is 18.6. The second-order valence-electron chi connectivity index (χ2n) is 8.09. The summed E-state index contributed by atoms with van der Waals surface area (Å²) in [4.78, 5) is 0. The van der Waals surface area contributed by atoms with E-state index in [9.17, 15) is 24.8 Å². The molecule has 0 aliphatic carbocycles. The second kappa shape index (κ2) is 10.1. The molecule has 1 aromatic carbocycles. The maximum atomic E-state index is 14.7. The summed E-state index contributed by atoms with van der Waals surface area (Å²) in [6.07, 6.45) is -6.99. The minimum Gasteiger partial charge on any atom is -0.494 e. The van der Waals surface area contributed by atoms with Gasteiger partial charge in [-0.05, 0) is 39.3 Å². The fourth-order valence-corrected chi connectivity index (χ4v) is 3.72. The molecule has 1 fully saturated rings. The highest BCUT2D eigenvalue weighted by molar-refractivity contribution is 5.39. The predicted octanol–water partition coefficient (Wildman–Crippen LogP) is 1.08. The average Bonchev–Trinajstić information content (AvgIpc) is 3.06. The van der Waals surface area contributed by atoms with Crippen LogP contribution in [0.25, 0.3) is 0 Å². The average molecular weight is 454 g/mol. The van der Waals surface area contributed by atoms with Gasteiger partial charge in [0, 0.05) is 29.8 Å². The van der Waals surface area contributed by atoms with Crippen LogP contribution in [-0.4, -0.2) is 74.1 Å². The lowest BCUT2D eigenvalue weighted by molar-refractivity contribution is -0.278. The van der Waals surface area contributed by atoms with Crippen LogP contribution >= 0.6 is 0 Å². The van der Waals surface area contributed by atoms with Crippen LogP contribution < -0.4 is 9.47 Å². The van der Waals surface area contributed by atoms with Gasteiger partial charge in [0.05, 0.1) is 13.2 Å². The van der Waals surface area contributed by atoms with Crippen molar-refractivity contribution in [1.29, 1.82) is 0 Å². The van der Waals surface area contributed by atoms with E-state index in [0.29, 0.717) is 23.5 Å². The minimum absolute atomic E-state index is 0.0222. The topological polar surface area (TPSA) is 126 Å². The zero-order chi connectivity index (χ0) is 23.6. The highest BCUT2D eigenvalue weighted by Gasteiger charge is 2.45. The van der Waals surface area contributed by atoms with Crippen molar-refractivity contribution in [3.63, 3.8) is 0 Å². The Balaban J connectivity index is 1.92. The van der Waals surface area contributed by atoms with Gasteiger partial charge in [0.2, 0.25) is 12.2 Å². The normalized spacial score (nSPS) is 25.9. The van der Waals surface area contributed by atoms with Crippen molar-refractivity contribution in [2.45, 2.75) is 70.9 Å². The van der Waals surface area contributed by atoms with Gasteiger partial charge >= 0.3 is 0 Å². The second-order valence-corrected chi connectivity index (χ2v) is 8.09. The third-order valence-corrected chi connectivity index (χ3v) is 5.51. The van der Waals surface area contributed by atoms with Crippen molar-refractivity contribution < 1.29 is 39.0 Å². The highest BCUT2D eigenvalue weighted by Crippen LogP contribution is 2.31. The molecule has 0 bridgehead atoms. The van der Waals surface area contributed by atoms with E-state index in [2.05, 4.69) is 5.10 Å². The molecule has 178 valence electrons. The number of rotatable bonds is 8. The number of halogens is 1. The molecule has 0 spiro atoms. The van der Waals surface area contributed by atoms with Crippen molar-refractivity contribution in [2.75, 3.05) is 13.2 Å². The maximum Gasteiger partial charge on any atom is 0.239 e. The molecular formula is C22H31FN2O7. The molecule has 5 atom stereocenters. The molecule has 4 N–H and O–H groups in total. The number of aliphatic hydroxyl groups excluding tert-OH is 4. The molecule has 1 aliphatic rings. The molecule has 0 radical (unpaired) electrons. The lowest BCUT2D eigenvalue weighted by Crippen LogP contribution is -2.60. The standard InChI is InChI=1S/C22H31FN2O7/c1-5-30-14-7-6-13(16(23)9-14)8-15-12(4)25(11(2)3)24-21(15)32-22-20(29)19(28)18(27)17(10-26)31-22/h6-7,9,11,17-20,22,26-29H,5,8,10H2,1-4H3/t17-,18-,19+,20-,22+/m1/s1. The first-order valence-electron chi connectivity index (χ1n) is 10.6. The van der Waals surface area contributed by atoms with E-state index in [1.807, 2.05) is 27.7 Å². The number of hydrogen-bond acceptors (Lipinski definition) is 8. The van der Waals surface area contributed by atoms with Crippen molar-refractivity contribution in [3.05, 3.63) is 40.8 Å². The van der Waals surface area contributed by atoms with E-state index in [4.69, 9.17) is 14.2 Å². The van der Waals surface area contributed by atoms with Crippen LogP contribution in [0.15, 0.2) is 18.2 Å². The number of aromatic nitrogens is 2. The molecule has 0 amide bonds. The zero-order valence-electron chi connectivity index (χ0n) is 18.6. The van der Waals surface area contributed by atoms with E-state index in [-0.39, 0.29) is 18.3 Å². The fraction of sp³-hybridized carbons (Fsp3) is 0.591. The highest BCUT2D eigenvalue weighted by atomic mass is 19.1. The molecule has 1 aliphatic heterocycles. The molecule has 3 rings (SSSR count). The molecular weight excluding hydrogens is 423 g/mol. The van der Waals surface area contributed by atoms with Gasteiger partial charge in [-0.15, -0.1) is 5.10 Å². The van der Waals surface area contributed by atoms with E-state index in [1.54, 1.807) is 16.8 Å². The number of nitrogens with zero attached hydrogens (tertiary/aromatic N) is 2. The van der Waals surface area contributed by atoms with Crippen LogP contribution in [-0.2, 0) is 11.2 Å². The Morgan fingerprint density at radius 2 is 1.91 bits per heavy atom. The van der Waals surface area contributed by atoms with Gasteiger partial charge in [-0.2, -0.15) is 0 Å². The van der Waals surface area contributed by atoms with Crippen molar-refractivity contribution in [2.24, 2.45) is 0 Å². The Morgan fingerprint density at radius 3 is 2.50 bits per heavy atom. The molecule has 0 unspecified atom stereocenters. The number of benzene rings is 1. The number of aliphatic hydroxyl groups is 4. The van der Waals surface area contributed by atoms with E-state index in [1.165, 1.54) is 6.07 Å². The van der Waals surface area contributed by atoms with Crippen molar-refractivity contribution in [3.8, 4) is 11.6 Å². The summed E-state index contributed by atoms with van der Waals surface area (Å²) in [5.41, 5.74) is 1.73. The van der Waals surface area contributed by atoms with Gasteiger partial charge in [-0.25, -0.2) is 4.39 Å². The quantitative estimate of drug-likeness (QED) is 0.467. The Bertz CT molecular complexity index is 918. The molecule has 10 heteroatoms. The van der Waals surface area contributed by atoms with E-state index in [0.717, 1.165) is 5.69 Å². The molecule has 9 nitrogen and oxygen atoms in total. The summed E-state index contributed by atoms with van der Waals surface area (Å²) >= 11 is 0. The lowest BCUT2D eigenvalue weighted by Gasteiger charge is -2.39. The van der Waals surface area contributed by atoms with Crippen molar-refractivity contribution >= 4 is 0 Å². The number of hydrogen-bond donors (Lipinski definition) is 4. The maximum absolute atomic E-state index is 14.7. The fourth-order valence-electron chi connectivity index (χ4n) is 3.72. The summed E-state index contributed by atoms with van der Waals surface area (Å²) in [5, 5.41) is 44.2. The first kappa shape index (κ1) is 24.4. The van der Waals surface area contributed by atoms with Crippen LogP contribution in [0.5, 0.6) is 11.6 Å². The first-order valence-corrected chi connectivity index (χ1v) is 10.6. The third-order valence-electron chi connectivity index (χ3n) is 5.51. The Morgan fingerprint density at radius 1 is 1.19 bits per heavy atom. The summed E-state index contributed by atoms with van der Waals surface area (Å²) in [7, 11) is 0. The van der Waals surface area contributed by atoms with Gasteiger partial charge in [0.15, 0.2) is 0 Å². The van der Waals surface area contributed by atoms with Crippen LogP contribution in [0.4, 0.5) is 4.39 Å². The minimum atomic E-state index is -1.58. The predicted molar refractivity (Wildman–Crippen MR) is 112 cm³/mol. The summed E-state index contributed by atoms with van der Waals surface area (Å²) < 4.78 is 33.0. The van der Waals surface area contributed by atoms with Crippen LogP contribution in [0, 0.1) is 12.7 Å². The van der Waals surface area contributed by atoms with Crippen LogP contribution in [0.3, 0.4) is 0 Å². The number of ether oxygens (including phenoxy) is 3. The summed E-state index contributed by atoms with van der Waals surface area (Å²) in [6, 6.07) is 4.61. The van der Waals surface area contributed by atoms with Gasteiger partial charge in [-0.1, -0.05) is 6.07 Å². The smallest absolute Gasteiger partial charge is 0.239 e. The van der Waals surface area contributed by atoms with Gasteiger partial charge in [-0.3, -0.25) is 4.68 Å². The summed E-state index contributed by atoms with van der Waals surface area (Å²) in [6.45, 7) is 7.36. The Kier molecular flexibility index (Phi) is 7.73. The Labute approximate surface area is 186 Å². The monoisotopic (exact) mass is 454 g/mol. The van der Waals surface area contributed by atoms with Gasteiger partial charge in [0.1, 0.15) is 36.0 Å². The molecule has 2 heterocycles. The van der Waals surface area contributed by atoms with Gasteiger partial charge < -0.3 is 34.6 Å². The van der Waals surface area contributed by atoms with E-state index < -0.39 is 43.1 Å². The molecule has 32 heavy (non-hydrogen) atoms. The molecule has 2 aromatic rings. The molecule has 1 aromatic heterocycles. The van der Waals surface area contributed by atoms with Crippen molar-refractivity contribution in [1.82, 2.24) is 9.78 Å². The molecule has 0 saturated carbocycles. The summed E-state index contributed by atoms with van der Waals surface area (Å²) in [5.74, 6) is 0.0985. The van der Waals surface area contributed by atoms with Crippen LogP contribution in [0.2, 0.25) is 0 Å². The van der Waals surface area contributed by atoms with Gasteiger partial charge in [0.25, 0.3) is 0 Å².